The molecule has 0 bridgehead atoms. The van der Waals surface area contributed by atoms with Gasteiger partial charge < -0.3 is 31.3 Å². The minimum Gasteiger partial charge on any atom is -0.480 e. The fraction of sp³-hybridized carbons (Fsp3) is 0.625. The van der Waals surface area contributed by atoms with Gasteiger partial charge in [-0.3, -0.25) is 24.0 Å². The van der Waals surface area contributed by atoms with Crippen molar-refractivity contribution >= 4 is 47.3 Å². The van der Waals surface area contributed by atoms with Crippen LogP contribution in [0.3, 0.4) is 0 Å². The first kappa shape index (κ1) is 26.3. The average Bonchev–Trinajstić information content (AvgIpc) is 2.62. The molecule has 2 unspecified atom stereocenters. The SMILES string of the molecule is CC(C)OC(=O)C(=O)CSCC(NC(=O)CCC(N)C(=O)O)C(=O)NCC(=O)O. The number of nitrogens with two attached hydrogens (primary N) is 1. The Morgan fingerprint density at radius 3 is 2.24 bits per heavy atom. The second-order valence-corrected chi connectivity index (χ2v) is 7.14. The number of rotatable bonds is 14. The first-order valence-electron chi connectivity index (χ1n) is 8.52. The standard InChI is InChI=1S/C16H25N3O9S/c1-8(2)28-16(27)11(20)7-29-6-10(14(24)18-5-13(22)23)19-12(21)4-3-9(17)15(25)26/h8-10H,3-7,17H2,1-2H3,(H,18,24)(H,19,21)(H,22,23)(H,25,26). The molecule has 12 nitrogen and oxygen atoms in total. The molecule has 2 atom stereocenters. The second kappa shape index (κ2) is 13.5. The summed E-state index contributed by atoms with van der Waals surface area (Å²) in [4.78, 5) is 68.4. The Hall–Kier alpha value is -2.67. The third-order valence-corrected chi connectivity index (χ3v) is 4.19. The molecule has 0 saturated carbocycles. The van der Waals surface area contributed by atoms with E-state index in [4.69, 9.17) is 20.7 Å². The molecule has 0 aromatic carbocycles. The summed E-state index contributed by atoms with van der Waals surface area (Å²) >= 11 is 0.867. The fourth-order valence-electron chi connectivity index (χ4n) is 1.75. The van der Waals surface area contributed by atoms with Gasteiger partial charge in [0, 0.05) is 12.2 Å². The summed E-state index contributed by atoms with van der Waals surface area (Å²) in [6.07, 6.45) is -0.917. The number of amides is 2. The molecule has 164 valence electrons. The lowest BCUT2D eigenvalue weighted by atomic mass is 10.1. The molecular weight excluding hydrogens is 410 g/mol. The number of nitrogens with one attached hydrogen (secondary N) is 2. The smallest absolute Gasteiger partial charge is 0.375 e. The predicted molar refractivity (Wildman–Crippen MR) is 101 cm³/mol. The maximum atomic E-state index is 12.1. The summed E-state index contributed by atoms with van der Waals surface area (Å²) in [6.45, 7) is 2.47. The maximum Gasteiger partial charge on any atom is 0.375 e. The van der Waals surface area contributed by atoms with E-state index in [1.165, 1.54) is 0 Å². The lowest BCUT2D eigenvalue weighted by molar-refractivity contribution is -0.155. The highest BCUT2D eigenvalue weighted by Gasteiger charge is 2.24. The molecule has 0 heterocycles. The van der Waals surface area contributed by atoms with Gasteiger partial charge in [0.25, 0.3) is 0 Å². The number of carbonyl (C=O) groups excluding carboxylic acids is 4. The molecule has 0 radical (unpaired) electrons. The van der Waals surface area contributed by atoms with Crippen molar-refractivity contribution in [2.24, 2.45) is 5.73 Å². The van der Waals surface area contributed by atoms with Crippen LogP contribution < -0.4 is 16.4 Å². The third kappa shape index (κ3) is 12.4. The lowest BCUT2D eigenvalue weighted by Crippen LogP contribution is -2.49. The summed E-state index contributed by atoms with van der Waals surface area (Å²) in [7, 11) is 0. The molecule has 0 aromatic heterocycles. The Bertz CT molecular complexity index is 639. The normalized spacial score (nSPS) is 12.6. The van der Waals surface area contributed by atoms with Crippen LogP contribution in [-0.2, 0) is 33.5 Å². The van der Waals surface area contributed by atoms with Crippen molar-refractivity contribution in [3.8, 4) is 0 Å². The molecule has 0 aliphatic carbocycles. The van der Waals surface area contributed by atoms with Crippen LogP contribution in [0.5, 0.6) is 0 Å². The van der Waals surface area contributed by atoms with Crippen molar-refractivity contribution in [2.75, 3.05) is 18.1 Å². The number of carbonyl (C=O) groups is 6. The van der Waals surface area contributed by atoms with Crippen LogP contribution in [0.15, 0.2) is 0 Å². The van der Waals surface area contributed by atoms with Crippen molar-refractivity contribution in [2.45, 2.75) is 44.9 Å². The number of thioether (sulfide) groups is 1. The summed E-state index contributed by atoms with van der Waals surface area (Å²) in [5.74, 6) is -6.36. The highest BCUT2D eigenvalue weighted by atomic mass is 32.2. The van der Waals surface area contributed by atoms with Gasteiger partial charge in [-0.05, 0) is 20.3 Å². The zero-order valence-corrected chi connectivity index (χ0v) is 16.8. The fourth-order valence-corrected chi connectivity index (χ4v) is 2.65. The number of hydrogen-bond acceptors (Lipinski definition) is 9. The monoisotopic (exact) mass is 435 g/mol. The number of Topliss-reactive ketones (excluding diaryl/α,β-unsaturated/α-hetero) is 1. The number of hydrogen-bond donors (Lipinski definition) is 5. The zero-order chi connectivity index (χ0) is 22.6. The van der Waals surface area contributed by atoms with Crippen LogP contribution in [0, 0.1) is 0 Å². The van der Waals surface area contributed by atoms with E-state index in [0.717, 1.165) is 11.8 Å². The number of carboxylic acid groups (broad SMARTS) is 2. The van der Waals surface area contributed by atoms with Crippen LogP contribution in [0.25, 0.3) is 0 Å². The number of ether oxygens (including phenoxy) is 1. The Morgan fingerprint density at radius 2 is 1.72 bits per heavy atom. The van der Waals surface area contributed by atoms with Crippen LogP contribution >= 0.6 is 11.8 Å². The van der Waals surface area contributed by atoms with Gasteiger partial charge in [0.15, 0.2) is 0 Å². The van der Waals surface area contributed by atoms with E-state index in [1.54, 1.807) is 13.8 Å². The van der Waals surface area contributed by atoms with E-state index in [9.17, 15) is 28.8 Å². The Labute approximate surface area is 170 Å². The molecule has 0 spiro atoms. The molecule has 13 heteroatoms. The molecule has 0 aromatic rings. The van der Waals surface area contributed by atoms with Gasteiger partial charge in [0.2, 0.25) is 17.6 Å². The summed E-state index contributed by atoms with van der Waals surface area (Å²) in [5, 5.41) is 21.8. The van der Waals surface area contributed by atoms with E-state index in [2.05, 4.69) is 10.6 Å². The minimum absolute atomic E-state index is 0.136. The molecule has 29 heavy (non-hydrogen) atoms. The van der Waals surface area contributed by atoms with Crippen molar-refractivity contribution in [3.63, 3.8) is 0 Å². The van der Waals surface area contributed by atoms with E-state index in [-0.39, 0.29) is 24.3 Å². The molecule has 0 aliphatic heterocycles. The Kier molecular flexibility index (Phi) is 12.3. The van der Waals surface area contributed by atoms with Gasteiger partial charge in [-0.2, -0.15) is 11.8 Å². The van der Waals surface area contributed by atoms with Crippen molar-refractivity contribution in [1.29, 1.82) is 0 Å². The van der Waals surface area contributed by atoms with Crippen LogP contribution in [0.1, 0.15) is 26.7 Å². The van der Waals surface area contributed by atoms with E-state index in [1.807, 2.05) is 0 Å². The lowest BCUT2D eigenvalue weighted by Gasteiger charge is -2.18. The van der Waals surface area contributed by atoms with Gasteiger partial charge in [0.05, 0.1) is 11.9 Å². The van der Waals surface area contributed by atoms with Gasteiger partial charge in [-0.1, -0.05) is 0 Å². The first-order valence-corrected chi connectivity index (χ1v) is 9.68. The second-order valence-electron chi connectivity index (χ2n) is 6.11. The van der Waals surface area contributed by atoms with Gasteiger partial charge in [0.1, 0.15) is 18.6 Å². The summed E-state index contributed by atoms with van der Waals surface area (Å²) < 4.78 is 4.74. The molecule has 6 N–H and O–H groups in total. The maximum absolute atomic E-state index is 12.1. The molecule has 0 aliphatic rings. The van der Waals surface area contributed by atoms with Crippen LogP contribution in [-0.4, -0.2) is 82.0 Å². The van der Waals surface area contributed by atoms with Crippen molar-refractivity contribution < 1.29 is 43.7 Å². The molecule has 0 fully saturated rings. The summed E-state index contributed by atoms with van der Waals surface area (Å²) in [5.41, 5.74) is 5.30. The van der Waals surface area contributed by atoms with Crippen LogP contribution in [0.4, 0.5) is 0 Å². The number of aliphatic carboxylic acids is 2. The first-order chi connectivity index (χ1) is 13.4. The van der Waals surface area contributed by atoms with Crippen molar-refractivity contribution in [1.82, 2.24) is 10.6 Å². The average molecular weight is 435 g/mol. The molecule has 2 amide bonds. The van der Waals surface area contributed by atoms with Gasteiger partial charge in [-0.15, -0.1) is 0 Å². The minimum atomic E-state index is -1.30. The van der Waals surface area contributed by atoms with E-state index >= 15 is 0 Å². The Balaban J connectivity index is 4.76. The quantitative estimate of drug-likeness (QED) is 0.151. The number of carboxylic acids is 2. The number of esters is 1. The summed E-state index contributed by atoms with van der Waals surface area (Å²) in [6, 6.07) is -2.46. The van der Waals surface area contributed by atoms with Crippen LogP contribution in [0.2, 0.25) is 0 Å². The molecule has 0 saturated heterocycles. The van der Waals surface area contributed by atoms with E-state index < -0.39 is 60.2 Å². The van der Waals surface area contributed by atoms with E-state index in [0.29, 0.717) is 0 Å². The molecular formula is C16H25N3O9S. The predicted octanol–water partition coefficient (Wildman–Crippen LogP) is -1.88. The molecule has 0 rings (SSSR count). The highest BCUT2D eigenvalue weighted by Crippen LogP contribution is 2.06. The van der Waals surface area contributed by atoms with Crippen molar-refractivity contribution in [3.05, 3.63) is 0 Å². The zero-order valence-electron chi connectivity index (χ0n) is 16.0. The third-order valence-electron chi connectivity index (χ3n) is 3.15. The highest BCUT2D eigenvalue weighted by molar-refractivity contribution is 8.00. The Morgan fingerprint density at radius 1 is 1.10 bits per heavy atom. The largest absolute Gasteiger partial charge is 0.480 e. The van der Waals surface area contributed by atoms with Gasteiger partial charge in [-0.25, -0.2) is 4.79 Å². The van der Waals surface area contributed by atoms with Gasteiger partial charge >= 0.3 is 17.9 Å². The number of ketones is 1. The topological polar surface area (TPSA) is 202 Å².